The van der Waals surface area contributed by atoms with Crippen LogP contribution in [0.3, 0.4) is 0 Å². The van der Waals surface area contributed by atoms with E-state index in [4.69, 9.17) is 9.72 Å². The van der Waals surface area contributed by atoms with Gasteiger partial charge in [0.25, 0.3) is 0 Å². The Balaban J connectivity index is 1.30. The van der Waals surface area contributed by atoms with Gasteiger partial charge in [0, 0.05) is 37.1 Å². The van der Waals surface area contributed by atoms with Crippen LogP contribution in [0.4, 0.5) is 0 Å². The number of ether oxygens (including phenoxy) is 1. The fourth-order valence-electron chi connectivity index (χ4n) is 4.68. The molecule has 0 amide bonds. The normalized spacial score (nSPS) is 16.0. The Morgan fingerprint density at radius 2 is 1.88 bits per heavy atom. The minimum Gasteiger partial charge on any atom is -0.487 e. The Morgan fingerprint density at radius 1 is 0.971 bits per heavy atom. The summed E-state index contributed by atoms with van der Waals surface area (Å²) in [6.45, 7) is 4.46. The van der Waals surface area contributed by atoms with Gasteiger partial charge in [0.15, 0.2) is 0 Å². The molecule has 0 N–H and O–H groups in total. The molecule has 172 valence electrons. The number of nitrogens with zero attached hydrogens (tertiary/aromatic N) is 4. The molecule has 0 spiro atoms. The van der Waals surface area contributed by atoms with E-state index < -0.39 is 0 Å². The Bertz CT molecular complexity index is 1230. The highest BCUT2D eigenvalue weighted by Crippen LogP contribution is 2.33. The molecule has 1 saturated heterocycles. The molecule has 0 radical (unpaired) electrons. The van der Waals surface area contributed by atoms with Crippen LogP contribution in [-0.2, 0) is 19.6 Å². The minimum absolute atomic E-state index is 0.272. The quantitative estimate of drug-likeness (QED) is 0.345. The van der Waals surface area contributed by atoms with Crippen molar-refractivity contribution in [3.8, 4) is 5.75 Å². The highest BCUT2D eigenvalue weighted by Gasteiger charge is 2.28. The van der Waals surface area contributed by atoms with Gasteiger partial charge in [-0.15, -0.1) is 0 Å². The Morgan fingerprint density at radius 3 is 2.76 bits per heavy atom. The molecule has 5 heteroatoms. The third-order valence-electron chi connectivity index (χ3n) is 6.32. The fourth-order valence-corrected chi connectivity index (χ4v) is 4.68. The van der Waals surface area contributed by atoms with Gasteiger partial charge in [-0.3, -0.25) is 19.9 Å². The molecular weight excluding hydrogens is 420 g/mol. The van der Waals surface area contributed by atoms with E-state index in [-0.39, 0.29) is 6.04 Å². The summed E-state index contributed by atoms with van der Waals surface area (Å²) in [5.41, 5.74) is 6.75. The van der Waals surface area contributed by atoms with Crippen LogP contribution in [0.25, 0.3) is 0 Å². The monoisotopic (exact) mass is 450 g/mol. The summed E-state index contributed by atoms with van der Waals surface area (Å²) in [5, 5.41) is 0. The van der Waals surface area contributed by atoms with E-state index in [1.807, 2.05) is 42.7 Å². The largest absolute Gasteiger partial charge is 0.487 e. The molecule has 0 aliphatic carbocycles. The lowest BCUT2D eigenvalue weighted by Gasteiger charge is -2.25. The summed E-state index contributed by atoms with van der Waals surface area (Å²) >= 11 is 0. The molecule has 34 heavy (non-hydrogen) atoms. The summed E-state index contributed by atoms with van der Waals surface area (Å²) in [4.78, 5) is 16.4. The number of hydrogen-bond donors (Lipinski definition) is 0. The zero-order valence-corrected chi connectivity index (χ0v) is 19.6. The maximum atomic E-state index is 6.15. The molecule has 3 heterocycles. The lowest BCUT2D eigenvalue weighted by Crippen LogP contribution is -2.24. The topological polar surface area (TPSA) is 51.1 Å². The van der Waals surface area contributed by atoms with Crippen LogP contribution in [0.5, 0.6) is 5.75 Å². The molecule has 5 rings (SSSR count). The molecule has 1 aliphatic rings. The van der Waals surface area contributed by atoms with Crippen molar-refractivity contribution >= 4 is 0 Å². The lowest BCUT2D eigenvalue weighted by molar-refractivity contribution is 0.234. The van der Waals surface area contributed by atoms with Gasteiger partial charge in [-0.05, 0) is 50.1 Å². The molecule has 2 aromatic carbocycles. The summed E-state index contributed by atoms with van der Waals surface area (Å²) in [6.07, 6.45) is 8.69. The van der Waals surface area contributed by atoms with Gasteiger partial charge in [0.05, 0.1) is 23.1 Å². The summed E-state index contributed by atoms with van der Waals surface area (Å²) in [6, 6.07) is 23.1. The standard InChI is InChI=1S/C29H30N4O/c1-22-8-6-9-23(16-22)17-26-18-30-19-27(32-26)28-12-7-15-33(28)20-24-10-2-3-13-29(24)34-21-25-11-4-5-14-31-25/h2-6,8-11,13-14,16,18-19,28H,7,12,15,17,20-21H2,1H3. The number of rotatable bonds is 8. The van der Waals surface area contributed by atoms with Crippen molar-refractivity contribution in [2.75, 3.05) is 6.54 Å². The molecule has 1 fully saturated rings. The van der Waals surface area contributed by atoms with E-state index in [0.29, 0.717) is 6.61 Å². The Kier molecular flexibility index (Phi) is 6.91. The number of pyridine rings is 1. The third kappa shape index (κ3) is 5.49. The van der Waals surface area contributed by atoms with E-state index >= 15 is 0 Å². The van der Waals surface area contributed by atoms with Crippen molar-refractivity contribution < 1.29 is 4.74 Å². The van der Waals surface area contributed by atoms with Crippen LogP contribution >= 0.6 is 0 Å². The van der Waals surface area contributed by atoms with Crippen LogP contribution in [0.2, 0.25) is 0 Å². The number of para-hydroxylation sites is 1. The van der Waals surface area contributed by atoms with Crippen LogP contribution in [-0.4, -0.2) is 26.4 Å². The van der Waals surface area contributed by atoms with Crippen LogP contribution in [0.15, 0.2) is 85.3 Å². The zero-order valence-electron chi connectivity index (χ0n) is 19.6. The van der Waals surface area contributed by atoms with E-state index in [2.05, 4.69) is 58.2 Å². The predicted octanol–water partition coefficient (Wildman–Crippen LogP) is 5.69. The average molecular weight is 451 g/mol. The SMILES string of the molecule is Cc1cccc(Cc2cncc(C3CCCN3Cc3ccccc3OCc3ccccn3)n2)c1. The summed E-state index contributed by atoms with van der Waals surface area (Å²) < 4.78 is 6.15. The third-order valence-corrected chi connectivity index (χ3v) is 6.32. The molecule has 1 aliphatic heterocycles. The van der Waals surface area contributed by atoms with Gasteiger partial charge in [0.2, 0.25) is 0 Å². The first kappa shape index (κ1) is 22.2. The zero-order chi connectivity index (χ0) is 23.2. The molecule has 0 bridgehead atoms. The van der Waals surface area contributed by atoms with Crippen LogP contribution in [0.1, 0.15) is 52.7 Å². The molecule has 1 unspecified atom stereocenters. The van der Waals surface area contributed by atoms with Crippen molar-refractivity contribution in [2.24, 2.45) is 0 Å². The van der Waals surface area contributed by atoms with Gasteiger partial charge in [-0.25, -0.2) is 0 Å². The van der Waals surface area contributed by atoms with Crippen molar-refractivity contribution in [1.82, 2.24) is 19.9 Å². The smallest absolute Gasteiger partial charge is 0.130 e. The maximum absolute atomic E-state index is 6.15. The van der Waals surface area contributed by atoms with Gasteiger partial charge < -0.3 is 4.74 Å². The number of hydrogen-bond acceptors (Lipinski definition) is 5. The van der Waals surface area contributed by atoms with Crippen molar-refractivity contribution in [3.05, 3.63) is 119 Å². The summed E-state index contributed by atoms with van der Waals surface area (Å²) in [7, 11) is 0. The first-order chi connectivity index (χ1) is 16.7. The van der Waals surface area contributed by atoms with E-state index in [0.717, 1.165) is 55.2 Å². The highest BCUT2D eigenvalue weighted by molar-refractivity contribution is 5.34. The molecular formula is C29H30N4O. The van der Waals surface area contributed by atoms with Gasteiger partial charge in [-0.1, -0.05) is 54.1 Å². The van der Waals surface area contributed by atoms with Gasteiger partial charge >= 0.3 is 0 Å². The second kappa shape index (κ2) is 10.6. The van der Waals surface area contributed by atoms with E-state index in [9.17, 15) is 0 Å². The number of aromatic nitrogens is 3. The lowest BCUT2D eigenvalue weighted by atomic mass is 10.1. The Labute approximate surface area is 201 Å². The van der Waals surface area contributed by atoms with Crippen LogP contribution < -0.4 is 4.74 Å². The first-order valence-electron chi connectivity index (χ1n) is 12.0. The number of aryl methyl sites for hydroxylation is 1. The Hall–Kier alpha value is -3.57. The van der Waals surface area contributed by atoms with E-state index in [1.165, 1.54) is 16.7 Å². The van der Waals surface area contributed by atoms with Crippen molar-refractivity contribution in [2.45, 2.75) is 45.4 Å². The van der Waals surface area contributed by atoms with Crippen LogP contribution in [0, 0.1) is 6.92 Å². The first-order valence-corrected chi connectivity index (χ1v) is 12.0. The number of benzene rings is 2. The van der Waals surface area contributed by atoms with Gasteiger partial charge in [-0.2, -0.15) is 0 Å². The average Bonchev–Trinajstić information content (AvgIpc) is 3.33. The molecule has 2 aromatic heterocycles. The van der Waals surface area contributed by atoms with Crippen molar-refractivity contribution in [1.29, 1.82) is 0 Å². The number of likely N-dealkylation sites (tertiary alicyclic amines) is 1. The summed E-state index contributed by atoms with van der Waals surface area (Å²) in [5.74, 6) is 0.915. The second-order valence-corrected chi connectivity index (χ2v) is 8.95. The second-order valence-electron chi connectivity index (χ2n) is 8.95. The minimum atomic E-state index is 0.272. The van der Waals surface area contributed by atoms with Gasteiger partial charge in [0.1, 0.15) is 12.4 Å². The fraction of sp³-hybridized carbons (Fsp3) is 0.276. The van der Waals surface area contributed by atoms with E-state index in [1.54, 1.807) is 6.20 Å². The highest BCUT2D eigenvalue weighted by atomic mass is 16.5. The predicted molar refractivity (Wildman–Crippen MR) is 133 cm³/mol. The molecule has 5 nitrogen and oxygen atoms in total. The van der Waals surface area contributed by atoms with Crippen molar-refractivity contribution in [3.63, 3.8) is 0 Å². The molecule has 4 aromatic rings. The molecule has 0 saturated carbocycles. The maximum Gasteiger partial charge on any atom is 0.130 e. The molecule has 1 atom stereocenters.